The van der Waals surface area contributed by atoms with Crippen LogP contribution in [0, 0.1) is 10.1 Å². The van der Waals surface area contributed by atoms with Crippen LogP contribution in [0.5, 0.6) is 0 Å². The number of amides is 1. The van der Waals surface area contributed by atoms with Crippen LogP contribution in [0.3, 0.4) is 0 Å². The van der Waals surface area contributed by atoms with Crippen LogP contribution in [0.25, 0.3) is 11.4 Å². The number of piperazine rings is 1. The van der Waals surface area contributed by atoms with Gasteiger partial charge < -0.3 is 14.3 Å². The van der Waals surface area contributed by atoms with Crippen molar-refractivity contribution in [3.05, 3.63) is 63.1 Å². The minimum absolute atomic E-state index is 0.141. The molecule has 2 fully saturated rings. The number of halogens is 1. The average molecular weight is 455 g/mol. The van der Waals surface area contributed by atoms with Gasteiger partial charge in [0.25, 0.3) is 11.6 Å². The van der Waals surface area contributed by atoms with E-state index in [9.17, 15) is 14.9 Å². The predicted molar refractivity (Wildman–Crippen MR) is 116 cm³/mol. The number of hydrogen-bond acceptors (Lipinski definition) is 8. The Labute approximate surface area is 187 Å². The molecule has 1 aliphatic carbocycles. The lowest BCUT2D eigenvalue weighted by Gasteiger charge is -2.35. The minimum atomic E-state index is -0.540. The number of non-ortho nitro benzene ring substituents is 1. The number of nitro benzene ring substituents is 1. The molecular weight excluding hydrogens is 436 g/mol. The van der Waals surface area contributed by atoms with Crippen molar-refractivity contribution in [2.24, 2.45) is 0 Å². The van der Waals surface area contributed by atoms with Crippen LogP contribution >= 0.6 is 11.6 Å². The number of pyridine rings is 1. The van der Waals surface area contributed by atoms with E-state index in [1.54, 1.807) is 11.1 Å². The van der Waals surface area contributed by atoms with Gasteiger partial charge >= 0.3 is 0 Å². The van der Waals surface area contributed by atoms with Crippen LogP contribution in [0.15, 0.2) is 41.1 Å². The number of anilines is 1. The molecule has 2 aromatic heterocycles. The summed E-state index contributed by atoms with van der Waals surface area (Å²) in [7, 11) is 0. The van der Waals surface area contributed by atoms with Gasteiger partial charge in [0.05, 0.1) is 15.5 Å². The first-order chi connectivity index (χ1) is 15.5. The molecule has 1 saturated carbocycles. The molecule has 11 heteroatoms. The van der Waals surface area contributed by atoms with E-state index < -0.39 is 4.92 Å². The zero-order valence-corrected chi connectivity index (χ0v) is 17.7. The smallest absolute Gasteiger partial charge is 0.270 e. The zero-order valence-electron chi connectivity index (χ0n) is 17.0. The third-order valence-electron chi connectivity index (χ3n) is 5.66. The minimum Gasteiger partial charge on any atom is -0.353 e. The maximum atomic E-state index is 12.9. The lowest BCUT2D eigenvalue weighted by Crippen LogP contribution is -2.49. The van der Waals surface area contributed by atoms with Gasteiger partial charge in [0, 0.05) is 56.0 Å². The van der Waals surface area contributed by atoms with Gasteiger partial charge in [-0.25, -0.2) is 4.98 Å². The molecule has 5 rings (SSSR count). The number of nitro groups is 1. The van der Waals surface area contributed by atoms with Crippen LogP contribution in [-0.2, 0) is 0 Å². The van der Waals surface area contributed by atoms with E-state index in [1.165, 1.54) is 18.2 Å². The van der Waals surface area contributed by atoms with E-state index in [1.807, 2.05) is 12.1 Å². The summed E-state index contributed by atoms with van der Waals surface area (Å²) in [5.41, 5.74) is 0.771. The number of nitrogens with zero attached hydrogens (tertiary/aromatic N) is 6. The summed E-state index contributed by atoms with van der Waals surface area (Å²) in [5, 5.41) is 15.3. The normalized spacial score (nSPS) is 16.3. The summed E-state index contributed by atoms with van der Waals surface area (Å²) in [6.45, 7) is 2.07. The first-order valence-corrected chi connectivity index (χ1v) is 10.7. The van der Waals surface area contributed by atoms with Crippen molar-refractivity contribution in [3.63, 3.8) is 0 Å². The maximum absolute atomic E-state index is 12.9. The first kappa shape index (κ1) is 20.4. The molecule has 3 aromatic rings. The summed E-state index contributed by atoms with van der Waals surface area (Å²) in [6.07, 6.45) is 3.92. The second-order valence-corrected chi connectivity index (χ2v) is 8.24. The molecular formula is C21H19ClN6O4. The van der Waals surface area contributed by atoms with E-state index >= 15 is 0 Å². The molecule has 1 aromatic carbocycles. The highest BCUT2D eigenvalue weighted by Crippen LogP contribution is 2.39. The highest BCUT2D eigenvalue weighted by Gasteiger charge is 2.30. The Balaban J connectivity index is 1.23. The van der Waals surface area contributed by atoms with E-state index in [0.29, 0.717) is 43.8 Å². The van der Waals surface area contributed by atoms with Crippen molar-refractivity contribution in [3.8, 4) is 11.4 Å². The largest absolute Gasteiger partial charge is 0.353 e. The van der Waals surface area contributed by atoms with E-state index in [2.05, 4.69) is 20.0 Å². The zero-order chi connectivity index (χ0) is 22.2. The van der Waals surface area contributed by atoms with Gasteiger partial charge in [0.15, 0.2) is 0 Å². The number of benzene rings is 1. The first-order valence-electron chi connectivity index (χ1n) is 10.3. The number of carbonyl (C=O) groups excluding carboxylic acids is 1. The molecule has 0 atom stereocenters. The molecule has 0 radical (unpaired) electrons. The molecule has 2 aliphatic rings. The summed E-state index contributed by atoms with van der Waals surface area (Å²) < 4.78 is 5.31. The topological polar surface area (TPSA) is 118 Å². The number of rotatable bonds is 5. The molecule has 164 valence electrons. The van der Waals surface area contributed by atoms with E-state index in [0.717, 1.165) is 24.2 Å². The summed E-state index contributed by atoms with van der Waals surface area (Å²) in [5.74, 6) is 2.11. The number of hydrogen-bond donors (Lipinski definition) is 0. The van der Waals surface area contributed by atoms with Crippen molar-refractivity contribution in [2.45, 2.75) is 18.8 Å². The molecule has 1 saturated heterocycles. The fraction of sp³-hybridized carbons (Fsp3) is 0.333. The number of aromatic nitrogens is 3. The van der Waals surface area contributed by atoms with Crippen LogP contribution in [0.2, 0.25) is 5.02 Å². The lowest BCUT2D eigenvalue weighted by atomic mass is 10.1. The molecule has 3 heterocycles. The van der Waals surface area contributed by atoms with Crippen LogP contribution < -0.4 is 4.90 Å². The third-order valence-corrected chi connectivity index (χ3v) is 5.99. The van der Waals surface area contributed by atoms with Crippen LogP contribution in [0.1, 0.15) is 35.0 Å². The van der Waals surface area contributed by atoms with Gasteiger partial charge in [-0.1, -0.05) is 16.8 Å². The molecule has 1 amide bonds. The molecule has 10 nitrogen and oxygen atoms in total. The summed E-state index contributed by atoms with van der Waals surface area (Å²) in [6, 6.07) is 7.70. The van der Waals surface area contributed by atoms with Crippen molar-refractivity contribution in [1.29, 1.82) is 0 Å². The highest BCUT2D eigenvalue weighted by molar-refractivity contribution is 6.33. The van der Waals surface area contributed by atoms with Gasteiger partial charge in [-0.05, 0) is 31.0 Å². The van der Waals surface area contributed by atoms with Gasteiger partial charge in [-0.3, -0.25) is 14.9 Å². The molecule has 0 N–H and O–H groups in total. The van der Waals surface area contributed by atoms with Gasteiger partial charge in [-0.15, -0.1) is 0 Å². The van der Waals surface area contributed by atoms with Crippen molar-refractivity contribution in [2.75, 3.05) is 31.1 Å². The Morgan fingerprint density at radius 3 is 2.59 bits per heavy atom. The molecule has 0 bridgehead atoms. The Hall–Kier alpha value is -3.53. The Morgan fingerprint density at radius 2 is 1.94 bits per heavy atom. The van der Waals surface area contributed by atoms with Crippen molar-refractivity contribution < 1.29 is 14.2 Å². The SMILES string of the molecule is O=C(c1cc([N+](=O)[O-])ccc1Cl)N1CCN(c2ccc(-c3noc(C4CC4)n3)cn2)CC1. The summed E-state index contributed by atoms with van der Waals surface area (Å²) >= 11 is 6.12. The molecule has 1 aliphatic heterocycles. The average Bonchev–Trinajstić information content (AvgIpc) is 3.55. The van der Waals surface area contributed by atoms with Gasteiger partial charge in [0.2, 0.25) is 11.7 Å². The Bertz CT molecular complexity index is 1170. The highest BCUT2D eigenvalue weighted by atomic mass is 35.5. The van der Waals surface area contributed by atoms with Gasteiger partial charge in [0.1, 0.15) is 5.82 Å². The van der Waals surface area contributed by atoms with E-state index in [4.69, 9.17) is 16.1 Å². The Kier molecular flexibility index (Phi) is 5.22. The monoisotopic (exact) mass is 454 g/mol. The molecule has 0 unspecified atom stereocenters. The Morgan fingerprint density at radius 1 is 1.16 bits per heavy atom. The number of carbonyl (C=O) groups is 1. The summed E-state index contributed by atoms with van der Waals surface area (Å²) in [4.78, 5) is 36.0. The van der Waals surface area contributed by atoms with Crippen molar-refractivity contribution in [1.82, 2.24) is 20.0 Å². The van der Waals surface area contributed by atoms with Crippen LogP contribution in [0.4, 0.5) is 11.5 Å². The van der Waals surface area contributed by atoms with Gasteiger partial charge in [-0.2, -0.15) is 4.98 Å². The van der Waals surface area contributed by atoms with E-state index in [-0.39, 0.29) is 22.2 Å². The quantitative estimate of drug-likeness (QED) is 0.424. The molecule has 32 heavy (non-hydrogen) atoms. The molecule has 0 spiro atoms. The maximum Gasteiger partial charge on any atom is 0.270 e. The second kappa shape index (κ2) is 8.19. The van der Waals surface area contributed by atoms with Crippen LogP contribution in [-0.4, -0.2) is 57.0 Å². The standard InChI is InChI=1S/C21H19ClN6O4/c22-17-5-4-15(28(30)31)11-16(17)21(29)27-9-7-26(8-10-27)18-6-3-14(12-23-18)19-24-20(32-25-19)13-1-2-13/h3-6,11-13H,1-2,7-10H2. The predicted octanol–water partition coefficient (Wildman–Crippen LogP) is 3.53. The second-order valence-electron chi connectivity index (χ2n) is 7.84. The third kappa shape index (κ3) is 4.01. The fourth-order valence-corrected chi connectivity index (χ4v) is 3.85. The fourth-order valence-electron chi connectivity index (χ4n) is 3.65. The lowest BCUT2D eigenvalue weighted by molar-refractivity contribution is -0.384. The van der Waals surface area contributed by atoms with Crippen molar-refractivity contribution >= 4 is 29.0 Å².